The van der Waals surface area contributed by atoms with Crippen LogP contribution in [-0.4, -0.2) is 10.9 Å². The van der Waals surface area contributed by atoms with E-state index in [1.807, 2.05) is 36.4 Å². The minimum absolute atomic E-state index is 0.0282. The fourth-order valence-corrected chi connectivity index (χ4v) is 2.33. The molecule has 3 aromatic rings. The van der Waals surface area contributed by atoms with Crippen molar-refractivity contribution >= 4 is 28.5 Å². The number of ether oxygens (including phenoxy) is 1. The number of esters is 1. The lowest BCUT2D eigenvalue weighted by molar-refractivity contribution is -0.384. The van der Waals surface area contributed by atoms with E-state index in [0.717, 1.165) is 10.8 Å². The number of hydrogen-bond donors (Lipinski definition) is 0. The van der Waals surface area contributed by atoms with Gasteiger partial charge >= 0.3 is 5.97 Å². The van der Waals surface area contributed by atoms with Gasteiger partial charge in [0, 0.05) is 23.6 Å². The average Bonchev–Trinajstić information content (AvgIpc) is 2.60. The zero-order chi connectivity index (χ0) is 16.9. The third kappa shape index (κ3) is 3.47. The monoisotopic (exact) mass is 319 g/mol. The maximum atomic E-state index is 12.0. The molecule has 0 N–H and O–H groups in total. The summed E-state index contributed by atoms with van der Waals surface area (Å²) >= 11 is 0. The maximum absolute atomic E-state index is 12.0. The summed E-state index contributed by atoms with van der Waals surface area (Å²) in [5, 5.41) is 12.6. The summed E-state index contributed by atoms with van der Waals surface area (Å²) in [6, 6.07) is 19.1. The van der Waals surface area contributed by atoms with Crippen LogP contribution in [0, 0.1) is 10.1 Å². The van der Waals surface area contributed by atoms with E-state index in [2.05, 4.69) is 0 Å². The van der Waals surface area contributed by atoms with E-state index in [1.54, 1.807) is 18.2 Å². The Morgan fingerprint density at radius 2 is 1.75 bits per heavy atom. The van der Waals surface area contributed by atoms with Gasteiger partial charge in [-0.15, -0.1) is 0 Å². The van der Waals surface area contributed by atoms with Crippen molar-refractivity contribution in [3.63, 3.8) is 0 Å². The molecule has 0 fully saturated rings. The highest BCUT2D eigenvalue weighted by Crippen LogP contribution is 2.25. The number of carbonyl (C=O) groups is 1. The summed E-state index contributed by atoms with van der Waals surface area (Å²) in [4.78, 5) is 22.3. The fraction of sp³-hybridized carbons (Fsp3) is 0. The zero-order valence-corrected chi connectivity index (χ0v) is 12.6. The Kier molecular flexibility index (Phi) is 4.34. The van der Waals surface area contributed by atoms with Gasteiger partial charge in [0.2, 0.25) is 0 Å². The Labute approximate surface area is 138 Å². The second-order valence-electron chi connectivity index (χ2n) is 5.08. The minimum atomic E-state index is -0.544. The molecular weight excluding hydrogens is 306 g/mol. The van der Waals surface area contributed by atoms with E-state index in [9.17, 15) is 14.9 Å². The van der Waals surface area contributed by atoms with Gasteiger partial charge < -0.3 is 4.74 Å². The topological polar surface area (TPSA) is 69.4 Å². The lowest BCUT2D eigenvalue weighted by Crippen LogP contribution is -2.04. The second kappa shape index (κ2) is 6.75. The van der Waals surface area contributed by atoms with Crippen LogP contribution in [0.2, 0.25) is 0 Å². The molecule has 0 bridgehead atoms. The highest BCUT2D eigenvalue weighted by atomic mass is 16.6. The lowest BCUT2D eigenvalue weighted by atomic mass is 10.1. The number of hydrogen-bond acceptors (Lipinski definition) is 4. The van der Waals surface area contributed by atoms with Crippen molar-refractivity contribution in [1.82, 2.24) is 0 Å². The number of nitro benzene ring substituents is 1. The Balaban J connectivity index is 1.78. The van der Waals surface area contributed by atoms with Crippen LogP contribution in [-0.2, 0) is 4.79 Å². The number of non-ortho nitro benzene ring substituents is 1. The van der Waals surface area contributed by atoms with Crippen molar-refractivity contribution in [3.05, 3.63) is 88.5 Å². The summed E-state index contributed by atoms with van der Waals surface area (Å²) in [6.45, 7) is 0. The molecule has 3 aromatic carbocycles. The summed E-state index contributed by atoms with van der Waals surface area (Å²) in [5.41, 5.74) is 0.527. The molecule has 0 spiro atoms. The van der Waals surface area contributed by atoms with Gasteiger partial charge in [0.15, 0.2) is 0 Å². The molecule has 0 radical (unpaired) electrons. The average molecular weight is 319 g/mol. The molecule has 0 aromatic heterocycles. The summed E-state index contributed by atoms with van der Waals surface area (Å²) in [6.07, 6.45) is 2.74. The van der Waals surface area contributed by atoms with Crippen molar-refractivity contribution in [2.24, 2.45) is 0 Å². The Morgan fingerprint density at radius 3 is 2.58 bits per heavy atom. The molecule has 118 valence electrons. The van der Waals surface area contributed by atoms with Crippen molar-refractivity contribution in [3.8, 4) is 5.75 Å². The molecule has 0 amide bonds. The molecule has 24 heavy (non-hydrogen) atoms. The molecule has 0 aliphatic carbocycles. The Morgan fingerprint density at radius 1 is 1.00 bits per heavy atom. The van der Waals surface area contributed by atoms with Crippen molar-refractivity contribution in [1.29, 1.82) is 0 Å². The fourth-order valence-electron chi connectivity index (χ4n) is 2.33. The van der Waals surface area contributed by atoms with Gasteiger partial charge in [-0.25, -0.2) is 4.79 Å². The van der Waals surface area contributed by atoms with Gasteiger partial charge in [0.05, 0.1) is 4.92 Å². The van der Waals surface area contributed by atoms with Crippen molar-refractivity contribution in [2.45, 2.75) is 0 Å². The number of carbonyl (C=O) groups excluding carboxylic acids is 1. The molecule has 3 rings (SSSR count). The Bertz CT molecular complexity index is 942. The molecular formula is C19H13NO4. The molecule has 0 atom stereocenters. The summed E-state index contributed by atoms with van der Waals surface area (Å²) in [5.74, 6) is -0.0698. The molecule has 0 heterocycles. The first kappa shape index (κ1) is 15.4. The summed E-state index contributed by atoms with van der Waals surface area (Å²) < 4.78 is 5.37. The quantitative estimate of drug-likeness (QED) is 0.235. The third-order valence-corrected chi connectivity index (χ3v) is 3.45. The number of nitrogens with zero attached hydrogens (tertiary/aromatic N) is 1. The number of nitro groups is 1. The lowest BCUT2D eigenvalue weighted by Gasteiger charge is -2.05. The van der Waals surface area contributed by atoms with Gasteiger partial charge in [-0.1, -0.05) is 48.5 Å². The van der Waals surface area contributed by atoms with E-state index >= 15 is 0 Å². The zero-order valence-electron chi connectivity index (χ0n) is 12.6. The maximum Gasteiger partial charge on any atom is 0.336 e. The van der Waals surface area contributed by atoms with Crippen molar-refractivity contribution in [2.75, 3.05) is 0 Å². The van der Waals surface area contributed by atoms with E-state index in [4.69, 9.17) is 4.74 Å². The highest BCUT2D eigenvalue weighted by Gasteiger charge is 2.06. The first-order valence-electron chi connectivity index (χ1n) is 7.25. The van der Waals surface area contributed by atoms with Gasteiger partial charge in [0.1, 0.15) is 5.75 Å². The SMILES string of the molecule is O=C(/C=C/c1cccc([N+](=O)[O-])c1)Oc1cccc2ccccc12. The van der Waals surface area contributed by atoms with E-state index in [1.165, 1.54) is 24.3 Å². The minimum Gasteiger partial charge on any atom is -0.423 e. The van der Waals surface area contributed by atoms with Gasteiger partial charge in [-0.05, 0) is 23.1 Å². The molecule has 0 aliphatic heterocycles. The number of rotatable bonds is 4. The predicted molar refractivity (Wildman–Crippen MR) is 91.7 cm³/mol. The van der Waals surface area contributed by atoms with Crippen LogP contribution in [0.15, 0.2) is 72.8 Å². The van der Waals surface area contributed by atoms with Crippen LogP contribution in [0.4, 0.5) is 5.69 Å². The smallest absolute Gasteiger partial charge is 0.336 e. The van der Waals surface area contributed by atoms with Crippen LogP contribution >= 0.6 is 0 Å². The standard InChI is InChI=1S/C19H13NO4/c21-19(12-11-14-5-3-8-16(13-14)20(22)23)24-18-10-4-7-15-6-1-2-9-17(15)18/h1-13H/b12-11+. The number of fused-ring (bicyclic) bond motifs is 1. The van der Waals surface area contributed by atoms with Crippen LogP contribution in [0.1, 0.15) is 5.56 Å². The second-order valence-corrected chi connectivity index (χ2v) is 5.08. The van der Waals surface area contributed by atoms with E-state index < -0.39 is 10.9 Å². The Hall–Kier alpha value is -3.47. The number of benzene rings is 3. The molecule has 0 aliphatic rings. The first-order chi connectivity index (χ1) is 11.6. The largest absolute Gasteiger partial charge is 0.423 e. The third-order valence-electron chi connectivity index (χ3n) is 3.45. The van der Waals surface area contributed by atoms with Gasteiger partial charge in [0.25, 0.3) is 5.69 Å². The van der Waals surface area contributed by atoms with Gasteiger partial charge in [-0.2, -0.15) is 0 Å². The van der Waals surface area contributed by atoms with Crippen LogP contribution in [0.25, 0.3) is 16.8 Å². The van der Waals surface area contributed by atoms with Crippen LogP contribution < -0.4 is 4.74 Å². The van der Waals surface area contributed by atoms with Crippen LogP contribution in [0.3, 0.4) is 0 Å². The van der Waals surface area contributed by atoms with Crippen molar-refractivity contribution < 1.29 is 14.5 Å². The predicted octanol–water partition coefficient (Wildman–Crippen LogP) is 4.37. The highest BCUT2D eigenvalue weighted by molar-refractivity contribution is 5.94. The summed E-state index contributed by atoms with van der Waals surface area (Å²) in [7, 11) is 0. The molecule has 0 saturated carbocycles. The molecule has 5 nitrogen and oxygen atoms in total. The normalized spacial score (nSPS) is 10.8. The van der Waals surface area contributed by atoms with Crippen LogP contribution in [0.5, 0.6) is 5.75 Å². The molecule has 0 unspecified atom stereocenters. The molecule has 5 heteroatoms. The van der Waals surface area contributed by atoms with Gasteiger partial charge in [-0.3, -0.25) is 10.1 Å². The molecule has 0 saturated heterocycles. The van der Waals surface area contributed by atoms with E-state index in [-0.39, 0.29) is 5.69 Å². The first-order valence-corrected chi connectivity index (χ1v) is 7.25. The van der Waals surface area contributed by atoms with E-state index in [0.29, 0.717) is 11.3 Å².